The van der Waals surface area contributed by atoms with E-state index < -0.39 is 23.0 Å². The molecular weight excluding hydrogens is 420 g/mol. The summed E-state index contributed by atoms with van der Waals surface area (Å²) in [5.74, 6) is -1.61. The van der Waals surface area contributed by atoms with Crippen molar-refractivity contribution in [2.24, 2.45) is 4.99 Å². The first-order chi connectivity index (χ1) is 14.5. The summed E-state index contributed by atoms with van der Waals surface area (Å²) in [6, 6.07) is 18.1. The van der Waals surface area contributed by atoms with Crippen molar-refractivity contribution >= 4 is 41.9 Å². The Morgan fingerprint density at radius 2 is 1.47 bits per heavy atom. The Labute approximate surface area is 186 Å². The van der Waals surface area contributed by atoms with Crippen LogP contribution < -0.4 is 0 Å². The Morgan fingerprint density at radius 1 is 0.967 bits per heavy atom. The number of isothiocyanates is 1. The molecular formula is C22H21N2O4S2+. The first-order valence-electron chi connectivity index (χ1n) is 8.94. The largest absolute Gasteiger partial charge is 0.467 e. The highest BCUT2D eigenvalue weighted by Crippen LogP contribution is 2.39. The third kappa shape index (κ3) is 4.60. The van der Waals surface area contributed by atoms with Gasteiger partial charge in [0.25, 0.3) is 5.54 Å². The molecule has 2 aromatic rings. The van der Waals surface area contributed by atoms with Gasteiger partial charge in [0.15, 0.2) is 0 Å². The highest BCUT2D eigenvalue weighted by Gasteiger charge is 2.73. The predicted molar refractivity (Wildman–Crippen MR) is 121 cm³/mol. The van der Waals surface area contributed by atoms with Crippen LogP contribution in [0.4, 0.5) is 0 Å². The lowest BCUT2D eigenvalue weighted by Crippen LogP contribution is -2.63. The SMILES string of the molecule is COC(=O)[C@](Cc1ccccc1)(N=C=S)[C@@](Cc1ccccc1)([N+]#CS)C(=O)OC. The normalized spacial score (nSPS) is 14.0. The standard InChI is InChI=1S/C22H20N2O4S2/c1-27-19(25)21(23-15-29,13-17-9-5-3-6-10-17)22(24-16-30,20(26)28-2)14-18-11-7-4-8-12-18/h3-12H,13-14H2,1-2H3/p+1/t21-,22-/m0/s1. The van der Waals surface area contributed by atoms with Gasteiger partial charge in [-0.3, -0.25) is 0 Å². The van der Waals surface area contributed by atoms with Gasteiger partial charge in [0.1, 0.15) is 0 Å². The van der Waals surface area contributed by atoms with E-state index in [-0.39, 0.29) is 12.8 Å². The molecule has 0 amide bonds. The van der Waals surface area contributed by atoms with E-state index in [1.165, 1.54) is 14.2 Å². The Morgan fingerprint density at radius 3 is 1.90 bits per heavy atom. The van der Waals surface area contributed by atoms with E-state index in [2.05, 4.69) is 33.0 Å². The Kier molecular flexibility index (Phi) is 8.31. The third-order valence-electron chi connectivity index (χ3n) is 4.81. The number of nitrogens with zero attached hydrogens (tertiary/aromatic N) is 2. The first kappa shape index (κ1) is 23.3. The lowest BCUT2D eigenvalue weighted by atomic mass is 9.70. The van der Waals surface area contributed by atoms with Crippen LogP contribution in [-0.2, 0) is 31.9 Å². The van der Waals surface area contributed by atoms with Crippen LogP contribution in [0, 0.1) is 5.40 Å². The Hall–Kier alpha value is -2.98. The van der Waals surface area contributed by atoms with Crippen LogP contribution in [0.3, 0.4) is 0 Å². The van der Waals surface area contributed by atoms with Crippen LogP contribution in [0.15, 0.2) is 65.7 Å². The maximum Gasteiger partial charge on any atom is 0.416 e. The number of esters is 2. The van der Waals surface area contributed by atoms with Crippen LogP contribution in [-0.4, -0.2) is 42.4 Å². The molecule has 2 rings (SSSR count). The number of rotatable bonds is 8. The number of thiocyanates is 1. The molecule has 0 spiro atoms. The van der Waals surface area contributed by atoms with E-state index in [0.717, 1.165) is 5.56 Å². The molecule has 0 radical (unpaired) electrons. The second kappa shape index (κ2) is 10.7. The molecule has 0 aromatic heterocycles. The minimum absolute atomic E-state index is 0.0312. The molecule has 0 bridgehead atoms. The maximum absolute atomic E-state index is 13.2. The summed E-state index contributed by atoms with van der Waals surface area (Å²) in [6.07, 6.45) is -0.0679. The fourth-order valence-corrected chi connectivity index (χ4v) is 3.74. The average molecular weight is 442 g/mol. The van der Waals surface area contributed by atoms with Gasteiger partial charge >= 0.3 is 22.9 Å². The fraction of sp³-hybridized carbons (Fsp3) is 0.273. The van der Waals surface area contributed by atoms with Crippen LogP contribution in [0.2, 0.25) is 0 Å². The quantitative estimate of drug-likeness (QED) is 0.223. The third-order valence-corrected chi connectivity index (χ3v) is 5.00. The number of carbonyl (C=O) groups excluding carboxylic acids is 2. The van der Waals surface area contributed by atoms with Gasteiger partial charge in [0, 0.05) is 6.42 Å². The molecule has 0 heterocycles. The minimum atomic E-state index is -1.90. The zero-order valence-corrected chi connectivity index (χ0v) is 18.3. The summed E-state index contributed by atoms with van der Waals surface area (Å²) in [5.41, 5.74) is -2.35. The smallest absolute Gasteiger partial charge is 0.416 e. The highest BCUT2D eigenvalue weighted by molar-refractivity contribution is 7.85. The number of hydrogen-bond acceptors (Lipinski definition) is 7. The van der Waals surface area contributed by atoms with Crippen molar-refractivity contribution in [2.75, 3.05) is 14.2 Å². The molecule has 30 heavy (non-hydrogen) atoms. The van der Waals surface area contributed by atoms with Gasteiger partial charge in [-0.05, 0) is 40.8 Å². The van der Waals surface area contributed by atoms with Crippen LogP contribution in [0.5, 0.6) is 0 Å². The van der Waals surface area contributed by atoms with E-state index in [9.17, 15) is 9.59 Å². The molecule has 0 aliphatic rings. The summed E-state index contributed by atoms with van der Waals surface area (Å²) >= 11 is 8.84. The molecule has 0 fully saturated rings. The number of thiocarbonyl (C=S) groups is 1. The summed E-state index contributed by atoms with van der Waals surface area (Å²) in [6.45, 7) is 0. The molecule has 0 saturated heterocycles. The van der Waals surface area contributed by atoms with Gasteiger partial charge in [-0.2, -0.15) is 0 Å². The van der Waals surface area contributed by atoms with Crippen molar-refractivity contribution < 1.29 is 19.1 Å². The van der Waals surface area contributed by atoms with E-state index in [0.29, 0.717) is 5.56 Å². The van der Waals surface area contributed by atoms with Gasteiger partial charge in [-0.1, -0.05) is 60.7 Å². The monoisotopic (exact) mass is 441 g/mol. The number of ether oxygens (including phenoxy) is 2. The van der Waals surface area contributed by atoms with Crippen molar-refractivity contribution in [3.05, 3.63) is 76.6 Å². The highest BCUT2D eigenvalue weighted by atomic mass is 32.1. The molecule has 0 aliphatic heterocycles. The predicted octanol–water partition coefficient (Wildman–Crippen LogP) is 3.62. The second-order valence-corrected chi connectivity index (χ2v) is 6.83. The molecule has 0 N–H and O–H groups in total. The lowest BCUT2D eigenvalue weighted by Gasteiger charge is -2.32. The van der Waals surface area contributed by atoms with E-state index in [4.69, 9.17) is 21.7 Å². The number of methoxy groups -OCH3 is 2. The summed E-state index contributed by atoms with van der Waals surface area (Å²) in [5, 5.41) is 4.62. The van der Waals surface area contributed by atoms with Crippen molar-refractivity contribution in [2.45, 2.75) is 23.9 Å². The lowest BCUT2D eigenvalue weighted by molar-refractivity contribution is -0.159. The number of aliphatic imine (C=N–C) groups is 1. The van der Waals surface area contributed by atoms with Crippen molar-refractivity contribution in [3.63, 3.8) is 0 Å². The Balaban J connectivity index is 2.87. The Bertz CT molecular complexity index is 998. The molecule has 154 valence electrons. The first-order valence-corrected chi connectivity index (χ1v) is 9.80. The van der Waals surface area contributed by atoms with E-state index in [1.807, 2.05) is 36.4 Å². The minimum Gasteiger partial charge on any atom is -0.467 e. The van der Waals surface area contributed by atoms with Crippen LogP contribution in [0.25, 0.3) is 4.85 Å². The number of benzene rings is 2. The summed E-state index contributed by atoms with van der Waals surface area (Å²) < 4.78 is 10.2. The fourth-order valence-electron chi connectivity index (χ4n) is 3.41. The number of carbonyl (C=O) groups is 2. The molecule has 0 saturated carbocycles. The molecule has 0 aliphatic carbocycles. The molecule has 6 nitrogen and oxygen atoms in total. The van der Waals surface area contributed by atoms with E-state index >= 15 is 0 Å². The molecule has 0 unspecified atom stereocenters. The van der Waals surface area contributed by atoms with E-state index in [1.54, 1.807) is 24.3 Å². The topological polar surface area (TPSA) is 69.3 Å². The molecule has 8 heteroatoms. The van der Waals surface area contributed by atoms with Gasteiger partial charge in [-0.25, -0.2) is 14.6 Å². The number of thiol groups is 1. The molecule has 2 atom stereocenters. The van der Waals surface area contributed by atoms with Crippen molar-refractivity contribution in [3.8, 4) is 5.40 Å². The van der Waals surface area contributed by atoms with Crippen LogP contribution in [0.1, 0.15) is 11.1 Å². The number of hydrogen-bond donors (Lipinski definition) is 1. The average Bonchev–Trinajstić information content (AvgIpc) is 2.78. The van der Waals surface area contributed by atoms with Crippen molar-refractivity contribution in [1.29, 1.82) is 0 Å². The zero-order valence-electron chi connectivity index (χ0n) is 16.6. The molecule has 2 aromatic carbocycles. The van der Waals surface area contributed by atoms with Gasteiger partial charge in [0.2, 0.25) is 0 Å². The van der Waals surface area contributed by atoms with Gasteiger partial charge < -0.3 is 9.47 Å². The summed E-state index contributed by atoms with van der Waals surface area (Å²) in [7, 11) is 2.42. The van der Waals surface area contributed by atoms with Gasteiger partial charge in [0.05, 0.1) is 25.8 Å². The zero-order chi connectivity index (χ0) is 22.0. The van der Waals surface area contributed by atoms with Gasteiger partial charge in [-0.15, -0.1) is 0 Å². The maximum atomic E-state index is 13.2. The summed E-state index contributed by atoms with van der Waals surface area (Å²) in [4.78, 5) is 34.9. The van der Waals surface area contributed by atoms with Crippen molar-refractivity contribution in [1.82, 2.24) is 0 Å². The second-order valence-electron chi connectivity index (χ2n) is 6.44. The van der Waals surface area contributed by atoms with Crippen LogP contribution >= 0.6 is 24.8 Å².